The molecular formula is C24H28BrN3O9. The van der Waals surface area contributed by atoms with E-state index in [-0.39, 0.29) is 16.6 Å². The number of carbonyl (C=O) groups is 4. The summed E-state index contributed by atoms with van der Waals surface area (Å²) in [4.78, 5) is 52.2. The molecule has 3 aliphatic carbocycles. The van der Waals surface area contributed by atoms with E-state index in [0.29, 0.717) is 5.56 Å². The van der Waals surface area contributed by atoms with Crippen LogP contribution in [0.25, 0.3) is 0 Å². The minimum atomic E-state index is -2.79. The van der Waals surface area contributed by atoms with Gasteiger partial charge in [-0.15, -0.1) is 0 Å². The zero-order chi connectivity index (χ0) is 27.7. The minimum absolute atomic E-state index is 0.0562. The van der Waals surface area contributed by atoms with Crippen LogP contribution in [0.5, 0.6) is 5.75 Å². The first-order valence-electron chi connectivity index (χ1n) is 11.5. The standard InChI is InChI=1S/C24H28BrN3O9/c1-7-8-4-5-9(27-10(29)6-25)17(30)12(8)18(31)13-11(7)19(32)15-16(28(2)3)20(33)14(23(26)36)22(35)24(15,37)21(13)34/h4-5,7,11,13,15-16,19,21,30,32,34-35,37H,6H2,1-3H3,(H2,26,36)(H,27,29)/t7?,11?,13?,15?,16-,19?,21?,24?/m0/s1. The predicted octanol–water partition coefficient (Wildman–Crippen LogP) is -0.849. The van der Waals surface area contributed by atoms with Gasteiger partial charge in [-0.1, -0.05) is 28.9 Å². The summed E-state index contributed by atoms with van der Waals surface area (Å²) in [5.41, 5.74) is 1.65. The number of nitrogens with two attached hydrogens (primary N) is 1. The Hall–Kier alpha value is -2.84. The summed E-state index contributed by atoms with van der Waals surface area (Å²) >= 11 is 2.99. The number of nitrogens with one attached hydrogen (secondary N) is 1. The lowest BCUT2D eigenvalue weighted by Gasteiger charge is -2.58. The summed E-state index contributed by atoms with van der Waals surface area (Å²) in [6.07, 6.45) is -3.72. The zero-order valence-electron chi connectivity index (χ0n) is 20.2. The Morgan fingerprint density at radius 1 is 1.16 bits per heavy atom. The summed E-state index contributed by atoms with van der Waals surface area (Å²) in [6.45, 7) is 1.65. The molecule has 12 nitrogen and oxygen atoms in total. The number of primary amides is 1. The highest BCUT2D eigenvalue weighted by Crippen LogP contribution is 2.57. The van der Waals surface area contributed by atoms with E-state index in [2.05, 4.69) is 21.2 Å². The molecule has 0 heterocycles. The average molecular weight is 582 g/mol. The van der Waals surface area contributed by atoms with Gasteiger partial charge in [0.05, 0.1) is 34.6 Å². The fourth-order valence-electron chi connectivity index (χ4n) is 6.37. The Kier molecular flexibility index (Phi) is 6.74. The summed E-state index contributed by atoms with van der Waals surface area (Å²) in [5.74, 6) is -10.2. The van der Waals surface area contributed by atoms with E-state index in [1.54, 1.807) is 6.92 Å². The number of halogens is 1. The van der Waals surface area contributed by atoms with Gasteiger partial charge in [0.1, 0.15) is 23.2 Å². The quantitative estimate of drug-likeness (QED) is 0.133. The number of aliphatic hydroxyl groups is 4. The maximum absolute atomic E-state index is 13.8. The summed E-state index contributed by atoms with van der Waals surface area (Å²) in [6, 6.07) is 1.55. The van der Waals surface area contributed by atoms with E-state index in [9.17, 15) is 44.7 Å². The molecule has 2 amide bonds. The highest BCUT2D eigenvalue weighted by atomic mass is 79.9. The van der Waals surface area contributed by atoms with Crippen molar-refractivity contribution in [3.63, 3.8) is 0 Å². The van der Waals surface area contributed by atoms with Gasteiger partial charge in [-0.05, 0) is 31.6 Å². The third-order valence-electron chi connectivity index (χ3n) is 7.97. The molecule has 37 heavy (non-hydrogen) atoms. The maximum atomic E-state index is 13.8. The molecule has 0 aliphatic heterocycles. The SMILES string of the molecule is CC1c2ccc(NC(=O)CBr)c(O)c2C(=O)C2C1C(O)C1[C@H](N(C)C)C(=O)C(C(N)=O)=C(O)C1(O)C2O. The third-order valence-corrected chi connectivity index (χ3v) is 8.48. The number of anilines is 1. The molecule has 0 saturated heterocycles. The van der Waals surface area contributed by atoms with Crippen molar-refractivity contribution in [1.29, 1.82) is 0 Å². The van der Waals surface area contributed by atoms with Gasteiger partial charge in [0.15, 0.2) is 17.2 Å². The number of hydrogen-bond acceptors (Lipinski definition) is 10. The Morgan fingerprint density at radius 2 is 1.78 bits per heavy atom. The van der Waals surface area contributed by atoms with Crippen LogP contribution in [-0.2, 0) is 14.4 Å². The highest BCUT2D eigenvalue weighted by molar-refractivity contribution is 9.09. The predicted molar refractivity (Wildman–Crippen MR) is 132 cm³/mol. The van der Waals surface area contributed by atoms with Crippen molar-refractivity contribution < 1.29 is 44.7 Å². The Morgan fingerprint density at radius 3 is 2.32 bits per heavy atom. The van der Waals surface area contributed by atoms with E-state index < -0.39 is 88.0 Å². The number of ketones is 2. The number of likely N-dealkylation sites (N-methyl/N-ethyl adjacent to an activating group) is 1. The first-order chi connectivity index (χ1) is 17.2. The number of aromatic hydroxyl groups is 1. The van der Waals surface area contributed by atoms with Gasteiger partial charge in [-0.3, -0.25) is 24.1 Å². The van der Waals surface area contributed by atoms with E-state index in [1.807, 2.05) is 0 Å². The van der Waals surface area contributed by atoms with Crippen LogP contribution in [-0.4, -0.2) is 97.1 Å². The fourth-order valence-corrected chi connectivity index (χ4v) is 6.51. The molecule has 0 bridgehead atoms. The fraction of sp³-hybridized carbons (Fsp3) is 0.500. The number of amides is 2. The van der Waals surface area contributed by atoms with Gasteiger partial charge in [0.2, 0.25) is 5.91 Å². The van der Waals surface area contributed by atoms with Crippen molar-refractivity contribution in [1.82, 2.24) is 4.90 Å². The van der Waals surface area contributed by atoms with Crippen LogP contribution in [0.2, 0.25) is 0 Å². The Balaban J connectivity index is 1.94. The van der Waals surface area contributed by atoms with Crippen LogP contribution in [0.1, 0.15) is 28.8 Å². The molecule has 0 aromatic heterocycles. The number of alkyl halides is 1. The molecule has 8 N–H and O–H groups in total. The van der Waals surface area contributed by atoms with Gasteiger partial charge in [-0.25, -0.2) is 0 Å². The largest absolute Gasteiger partial charge is 0.508 e. The molecule has 8 atom stereocenters. The van der Waals surface area contributed by atoms with Crippen molar-refractivity contribution in [2.45, 2.75) is 36.7 Å². The number of aliphatic hydroxyl groups excluding tert-OH is 3. The number of phenolic OH excluding ortho intramolecular Hbond substituents is 1. The summed E-state index contributed by atoms with van der Waals surface area (Å²) in [5, 5.41) is 59.0. The molecule has 0 radical (unpaired) electrons. The van der Waals surface area contributed by atoms with Crippen LogP contribution in [0.15, 0.2) is 23.5 Å². The van der Waals surface area contributed by atoms with Gasteiger partial charge in [0.25, 0.3) is 5.91 Å². The first kappa shape index (κ1) is 27.2. The second-order valence-corrected chi connectivity index (χ2v) is 10.6. The molecule has 3 aliphatic rings. The van der Waals surface area contributed by atoms with E-state index in [1.165, 1.54) is 31.1 Å². The van der Waals surface area contributed by atoms with Gasteiger partial charge in [-0.2, -0.15) is 0 Å². The van der Waals surface area contributed by atoms with Crippen LogP contribution in [0.3, 0.4) is 0 Å². The molecule has 7 unspecified atom stereocenters. The second kappa shape index (κ2) is 9.17. The number of nitrogens with zero attached hydrogens (tertiary/aromatic N) is 1. The van der Waals surface area contributed by atoms with Gasteiger partial charge in [0, 0.05) is 11.8 Å². The number of rotatable bonds is 4. The molecule has 1 aromatic carbocycles. The van der Waals surface area contributed by atoms with Crippen molar-refractivity contribution in [2.75, 3.05) is 24.7 Å². The monoisotopic (exact) mass is 581 g/mol. The zero-order valence-corrected chi connectivity index (χ0v) is 21.8. The number of phenols is 1. The lowest BCUT2D eigenvalue weighted by Crippen LogP contribution is -2.74. The molecule has 1 saturated carbocycles. The molecule has 4 rings (SSSR count). The normalized spacial score (nSPS) is 35.1. The smallest absolute Gasteiger partial charge is 0.255 e. The molecule has 1 aromatic rings. The number of Topliss-reactive ketones (excluding diaryl/α,β-unsaturated/α-hetero) is 2. The van der Waals surface area contributed by atoms with Crippen molar-refractivity contribution in [3.8, 4) is 5.75 Å². The number of hydrogen-bond donors (Lipinski definition) is 7. The minimum Gasteiger partial charge on any atom is -0.508 e. The Bertz CT molecular complexity index is 1250. The van der Waals surface area contributed by atoms with Crippen LogP contribution >= 0.6 is 15.9 Å². The van der Waals surface area contributed by atoms with Crippen molar-refractivity contribution in [2.24, 2.45) is 23.5 Å². The molecular weight excluding hydrogens is 554 g/mol. The highest BCUT2D eigenvalue weighted by Gasteiger charge is 2.70. The van der Waals surface area contributed by atoms with Gasteiger partial charge >= 0.3 is 0 Å². The summed E-state index contributed by atoms with van der Waals surface area (Å²) < 4.78 is 0. The number of benzene rings is 1. The van der Waals surface area contributed by atoms with E-state index >= 15 is 0 Å². The third kappa shape index (κ3) is 3.63. The molecule has 1 fully saturated rings. The number of carbonyl (C=O) groups excluding carboxylic acids is 4. The van der Waals surface area contributed by atoms with Gasteiger partial charge < -0.3 is 36.6 Å². The molecule has 200 valence electrons. The first-order valence-corrected chi connectivity index (χ1v) is 12.6. The average Bonchev–Trinajstić information content (AvgIpc) is 2.82. The van der Waals surface area contributed by atoms with Crippen LogP contribution < -0.4 is 11.1 Å². The Labute approximate surface area is 219 Å². The van der Waals surface area contributed by atoms with Crippen LogP contribution in [0, 0.1) is 17.8 Å². The van der Waals surface area contributed by atoms with E-state index in [4.69, 9.17) is 5.73 Å². The summed E-state index contributed by atoms with van der Waals surface area (Å²) in [7, 11) is 2.92. The van der Waals surface area contributed by atoms with E-state index in [0.717, 1.165) is 0 Å². The molecule has 0 spiro atoms. The van der Waals surface area contributed by atoms with Crippen molar-refractivity contribution >= 4 is 45.0 Å². The maximum Gasteiger partial charge on any atom is 0.255 e. The molecule has 13 heteroatoms. The topological polar surface area (TPSA) is 211 Å². The van der Waals surface area contributed by atoms with Crippen LogP contribution in [0.4, 0.5) is 5.69 Å². The number of fused-ring (bicyclic) bond motifs is 3. The lowest BCUT2D eigenvalue weighted by molar-refractivity contribution is -0.221. The second-order valence-electron chi connectivity index (χ2n) is 10.0. The van der Waals surface area contributed by atoms with Crippen molar-refractivity contribution in [3.05, 3.63) is 34.6 Å². The lowest BCUT2D eigenvalue weighted by atomic mass is 9.50.